The van der Waals surface area contributed by atoms with Crippen molar-refractivity contribution in [2.24, 2.45) is 0 Å². The minimum atomic E-state index is 0.0190. The molecule has 4 heteroatoms. The van der Waals surface area contributed by atoms with E-state index < -0.39 is 0 Å². The van der Waals surface area contributed by atoms with Crippen LogP contribution < -0.4 is 5.32 Å². The fraction of sp³-hybridized carbons (Fsp3) is 0.588. The molecule has 1 aliphatic heterocycles. The maximum Gasteiger partial charge on any atom is 0.318 e. The van der Waals surface area contributed by atoms with Gasteiger partial charge in [0, 0.05) is 12.6 Å². The largest absolute Gasteiger partial charge is 0.374 e. The fourth-order valence-electron chi connectivity index (χ4n) is 2.58. The van der Waals surface area contributed by atoms with Gasteiger partial charge < -0.3 is 15.0 Å². The molecule has 0 aliphatic carbocycles. The minimum absolute atomic E-state index is 0.0190. The van der Waals surface area contributed by atoms with Crippen LogP contribution >= 0.6 is 0 Å². The first-order valence-electron chi connectivity index (χ1n) is 7.79. The molecule has 1 aromatic rings. The van der Waals surface area contributed by atoms with Gasteiger partial charge in [-0.15, -0.1) is 0 Å². The first-order valence-corrected chi connectivity index (χ1v) is 7.79. The van der Waals surface area contributed by atoms with Crippen LogP contribution in [0.15, 0.2) is 30.3 Å². The summed E-state index contributed by atoms with van der Waals surface area (Å²) in [6.07, 6.45) is 2.06. The van der Waals surface area contributed by atoms with Crippen molar-refractivity contribution in [3.63, 3.8) is 0 Å². The van der Waals surface area contributed by atoms with E-state index in [4.69, 9.17) is 4.74 Å². The summed E-state index contributed by atoms with van der Waals surface area (Å²) in [6, 6.07) is 10.7. The smallest absolute Gasteiger partial charge is 0.318 e. The highest BCUT2D eigenvalue weighted by molar-refractivity contribution is 5.74. The molecule has 2 amide bonds. The van der Waals surface area contributed by atoms with Crippen LogP contribution in [0.2, 0.25) is 0 Å². The molecule has 2 unspecified atom stereocenters. The van der Waals surface area contributed by atoms with E-state index in [1.54, 1.807) is 0 Å². The molecular weight excluding hydrogens is 264 g/mol. The van der Waals surface area contributed by atoms with Crippen molar-refractivity contribution in [1.82, 2.24) is 10.2 Å². The lowest BCUT2D eigenvalue weighted by atomic mass is 10.0. The van der Waals surface area contributed by atoms with E-state index in [1.165, 1.54) is 5.56 Å². The number of carbonyl (C=O) groups excluding carboxylic acids is 1. The third-order valence-electron chi connectivity index (χ3n) is 3.78. The molecule has 0 bridgehead atoms. The highest BCUT2D eigenvalue weighted by Crippen LogP contribution is 2.16. The maximum absolute atomic E-state index is 12.2. The van der Waals surface area contributed by atoms with Crippen molar-refractivity contribution in [2.75, 3.05) is 13.2 Å². The predicted molar refractivity (Wildman–Crippen MR) is 84.3 cm³/mol. The number of hydrogen-bond acceptors (Lipinski definition) is 2. The lowest BCUT2D eigenvalue weighted by Gasteiger charge is -2.38. The number of morpholine rings is 1. The van der Waals surface area contributed by atoms with Crippen molar-refractivity contribution in [3.8, 4) is 0 Å². The molecule has 0 aromatic heterocycles. The first-order chi connectivity index (χ1) is 10.1. The average Bonchev–Trinajstić information content (AvgIpc) is 2.46. The summed E-state index contributed by atoms with van der Waals surface area (Å²) in [5.41, 5.74) is 1.32. The van der Waals surface area contributed by atoms with E-state index in [-0.39, 0.29) is 24.2 Å². The van der Waals surface area contributed by atoms with Gasteiger partial charge in [-0.05, 0) is 39.2 Å². The van der Waals surface area contributed by atoms with Gasteiger partial charge in [0.2, 0.25) is 0 Å². The van der Waals surface area contributed by atoms with E-state index in [2.05, 4.69) is 29.6 Å². The highest BCUT2D eigenvalue weighted by Gasteiger charge is 2.29. The van der Waals surface area contributed by atoms with Crippen LogP contribution in [0.25, 0.3) is 0 Å². The Morgan fingerprint density at radius 2 is 2.10 bits per heavy atom. The average molecular weight is 290 g/mol. The molecule has 2 atom stereocenters. The molecule has 2 rings (SSSR count). The summed E-state index contributed by atoms with van der Waals surface area (Å²) >= 11 is 0. The number of rotatable bonds is 4. The number of aryl methyl sites for hydroxylation is 1. The molecule has 1 heterocycles. The predicted octanol–water partition coefficient (Wildman–Crippen LogP) is 2.83. The monoisotopic (exact) mass is 290 g/mol. The van der Waals surface area contributed by atoms with Gasteiger partial charge >= 0.3 is 6.03 Å². The van der Waals surface area contributed by atoms with Crippen molar-refractivity contribution in [1.29, 1.82) is 0 Å². The third-order valence-corrected chi connectivity index (χ3v) is 3.78. The van der Waals surface area contributed by atoms with Gasteiger partial charge in [-0.2, -0.15) is 0 Å². The topological polar surface area (TPSA) is 41.6 Å². The number of nitrogens with zero attached hydrogens (tertiary/aromatic N) is 1. The van der Waals surface area contributed by atoms with Crippen LogP contribution in [0.1, 0.15) is 32.8 Å². The van der Waals surface area contributed by atoms with E-state index in [1.807, 2.05) is 31.7 Å². The van der Waals surface area contributed by atoms with Gasteiger partial charge in [0.05, 0.1) is 18.8 Å². The second-order valence-corrected chi connectivity index (χ2v) is 6.09. The molecule has 0 saturated carbocycles. The number of urea groups is 1. The molecule has 0 radical (unpaired) electrons. The van der Waals surface area contributed by atoms with Crippen molar-refractivity contribution < 1.29 is 9.53 Å². The van der Waals surface area contributed by atoms with Gasteiger partial charge in [0.15, 0.2) is 0 Å². The van der Waals surface area contributed by atoms with Crippen molar-refractivity contribution >= 4 is 6.03 Å². The van der Waals surface area contributed by atoms with Gasteiger partial charge in [-0.1, -0.05) is 30.3 Å². The Kier molecular flexibility index (Phi) is 5.62. The van der Waals surface area contributed by atoms with Crippen LogP contribution in [0, 0.1) is 0 Å². The summed E-state index contributed by atoms with van der Waals surface area (Å²) in [6.45, 7) is 7.29. The standard InChI is InChI=1S/C17H26N2O2/c1-13(2)18-17(20)19-11-16(21-12-14(19)3)10-9-15-7-5-4-6-8-15/h4-8,13-14,16H,9-12H2,1-3H3,(H,18,20). The molecular formula is C17H26N2O2. The van der Waals surface area contributed by atoms with E-state index in [9.17, 15) is 4.79 Å². The lowest BCUT2D eigenvalue weighted by Crippen LogP contribution is -2.55. The molecule has 1 aromatic carbocycles. The zero-order valence-electron chi connectivity index (χ0n) is 13.2. The SMILES string of the molecule is CC(C)NC(=O)N1CC(CCc2ccccc2)OCC1C. The normalized spacial score (nSPS) is 22.4. The van der Waals surface area contributed by atoms with Crippen LogP contribution in [-0.2, 0) is 11.2 Å². The quantitative estimate of drug-likeness (QED) is 0.926. The number of benzene rings is 1. The maximum atomic E-state index is 12.2. The highest BCUT2D eigenvalue weighted by atomic mass is 16.5. The Hall–Kier alpha value is -1.55. The minimum Gasteiger partial charge on any atom is -0.374 e. The van der Waals surface area contributed by atoms with Gasteiger partial charge in [-0.3, -0.25) is 0 Å². The van der Waals surface area contributed by atoms with Gasteiger partial charge in [0.1, 0.15) is 0 Å². The van der Waals surface area contributed by atoms with E-state index in [0.29, 0.717) is 13.2 Å². The molecule has 21 heavy (non-hydrogen) atoms. The number of nitrogens with one attached hydrogen (secondary N) is 1. The Labute approximate surface area is 127 Å². The number of hydrogen-bond donors (Lipinski definition) is 1. The molecule has 1 aliphatic rings. The van der Waals surface area contributed by atoms with Gasteiger partial charge in [-0.25, -0.2) is 4.79 Å². The molecule has 1 saturated heterocycles. The second kappa shape index (κ2) is 7.46. The van der Waals surface area contributed by atoms with Crippen LogP contribution in [0.4, 0.5) is 4.79 Å². The molecule has 1 fully saturated rings. The summed E-state index contributed by atoms with van der Waals surface area (Å²) in [5.74, 6) is 0. The van der Waals surface area contributed by atoms with E-state index in [0.717, 1.165) is 12.8 Å². The zero-order valence-corrected chi connectivity index (χ0v) is 13.2. The van der Waals surface area contributed by atoms with Crippen molar-refractivity contribution in [2.45, 2.75) is 51.8 Å². The Balaban J connectivity index is 1.86. The van der Waals surface area contributed by atoms with Crippen LogP contribution in [-0.4, -0.2) is 42.3 Å². The van der Waals surface area contributed by atoms with Crippen LogP contribution in [0.5, 0.6) is 0 Å². The lowest BCUT2D eigenvalue weighted by molar-refractivity contribution is -0.0443. The fourth-order valence-corrected chi connectivity index (χ4v) is 2.58. The van der Waals surface area contributed by atoms with Crippen molar-refractivity contribution in [3.05, 3.63) is 35.9 Å². The summed E-state index contributed by atoms with van der Waals surface area (Å²) in [5, 5.41) is 2.97. The summed E-state index contributed by atoms with van der Waals surface area (Å²) in [7, 11) is 0. The number of amides is 2. The number of carbonyl (C=O) groups is 1. The molecule has 1 N–H and O–H groups in total. The van der Waals surface area contributed by atoms with Gasteiger partial charge in [0.25, 0.3) is 0 Å². The molecule has 0 spiro atoms. The Bertz CT molecular complexity index is 447. The molecule has 4 nitrogen and oxygen atoms in total. The second-order valence-electron chi connectivity index (χ2n) is 6.09. The third kappa shape index (κ3) is 4.74. The Morgan fingerprint density at radius 3 is 2.76 bits per heavy atom. The van der Waals surface area contributed by atoms with E-state index >= 15 is 0 Å². The summed E-state index contributed by atoms with van der Waals surface area (Å²) in [4.78, 5) is 14.1. The zero-order chi connectivity index (χ0) is 15.2. The van der Waals surface area contributed by atoms with Crippen LogP contribution in [0.3, 0.4) is 0 Å². The number of ether oxygens (including phenoxy) is 1. The molecule has 116 valence electrons. The first kappa shape index (κ1) is 15.8. The summed E-state index contributed by atoms with van der Waals surface area (Å²) < 4.78 is 5.88. The Morgan fingerprint density at radius 1 is 1.38 bits per heavy atom.